The predicted molar refractivity (Wildman–Crippen MR) is 144 cm³/mol. The van der Waals surface area contributed by atoms with Crippen molar-refractivity contribution in [2.24, 2.45) is 0 Å². The predicted octanol–water partition coefficient (Wildman–Crippen LogP) is 7.27. The molecule has 0 aliphatic carbocycles. The topological polar surface area (TPSA) is 97.4 Å². The molecule has 0 fully saturated rings. The van der Waals surface area contributed by atoms with Gasteiger partial charge in [0.05, 0.1) is 33.3 Å². The van der Waals surface area contributed by atoms with E-state index >= 15 is 0 Å². The maximum absolute atomic E-state index is 13.5. The van der Waals surface area contributed by atoms with E-state index in [-0.39, 0.29) is 29.7 Å². The quantitative estimate of drug-likeness (QED) is 0.147. The minimum Gasteiger partial charge on any atom is -0.496 e. The molecule has 0 atom stereocenters. The third-order valence-corrected chi connectivity index (χ3v) is 5.58. The van der Waals surface area contributed by atoms with Crippen LogP contribution in [0.5, 0.6) is 11.5 Å². The van der Waals surface area contributed by atoms with Crippen molar-refractivity contribution in [3.63, 3.8) is 0 Å². The van der Waals surface area contributed by atoms with Gasteiger partial charge in [0, 0.05) is 5.56 Å². The second-order valence-electron chi connectivity index (χ2n) is 8.50. The second kappa shape index (κ2) is 18.1. The first-order valence-corrected chi connectivity index (χ1v) is 13.3. The number of benzene rings is 2. The highest BCUT2D eigenvalue weighted by molar-refractivity contribution is 5.91. The van der Waals surface area contributed by atoms with Gasteiger partial charge in [-0.3, -0.25) is 4.79 Å². The lowest BCUT2D eigenvalue weighted by Crippen LogP contribution is -2.41. The zero-order valence-electron chi connectivity index (χ0n) is 25.8. The van der Waals surface area contributed by atoms with Crippen molar-refractivity contribution in [2.45, 2.75) is 65.4 Å². The van der Waals surface area contributed by atoms with E-state index in [1.807, 2.05) is 13.8 Å². The number of hydrogen-bond donors (Lipinski definition) is 0. The van der Waals surface area contributed by atoms with Crippen molar-refractivity contribution in [3.05, 3.63) is 57.9 Å². The van der Waals surface area contributed by atoms with Crippen molar-refractivity contribution >= 4 is 17.9 Å². The summed E-state index contributed by atoms with van der Waals surface area (Å²) in [5.41, 5.74) is -1.43. The first-order chi connectivity index (χ1) is 21.3. The van der Waals surface area contributed by atoms with Crippen LogP contribution in [0.2, 0.25) is 0 Å². The van der Waals surface area contributed by atoms with Gasteiger partial charge in [0.2, 0.25) is 0 Å². The number of ether oxygens (including phenoxy) is 5. The van der Waals surface area contributed by atoms with Crippen LogP contribution in [0.4, 0.5) is 39.5 Å². The fourth-order valence-corrected chi connectivity index (χ4v) is 3.38. The Bertz CT molecular complexity index is 1320. The van der Waals surface area contributed by atoms with E-state index in [1.54, 1.807) is 13.8 Å². The van der Waals surface area contributed by atoms with E-state index in [0.29, 0.717) is 17.7 Å². The van der Waals surface area contributed by atoms with Crippen LogP contribution in [-0.2, 0) is 49.2 Å². The molecule has 0 saturated heterocycles. The Morgan fingerprint density at radius 2 is 1.30 bits per heavy atom. The summed E-state index contributed by atoms with van der Waals surface area (Å²) in [6.07, 6.45) is -16.1. The smallest absolute Gasteiger partial charge is 0.496 e. The SMILES string of the molecule is CC.CCc1cc(F)c(C(=O)OC)c(C(F)(F)F)c1.CCc1cc(OCC(=O)OC(F)(F)C(F)(F)F)c(CC(=O)OC)cc1OC. The summed E-state index contributed by atoms with van der Waals surface area (Å²) in [6, 6.07) is 4.46. The zero-order valence-corrected chi connectivity index (χ0v) is 25.8. The molecule has 260 valence electrons. The summed E-state index contributed by atoms with van der Waals surface area (Å²) >= 11 is 0. The van der Waals surface area contributed by atoms with E-state index < -0.39 is 59.9 Å². The second-order valence-corrected chi connectivity index (χ2v) is 8.50. The molecular formula is C29H33F9O8. The molecule has 2 rings (SSSR count). The monoisotopic (exact) mass is 680 g/mol. The first-order valence-electron chi connectivity index (χ1n) is 13.3. The lowest BCUT2D eigenvalue weighted by Gasteiger charge is -2.19. The van der Waals surface area contributed by atoms with Crippen molar-refractivity contribution in [1.29, 1.82) is 0 Å². The molecule has 2 aromatic carbocycles. The third kappa shape index (κ3) is 12.0. The number of methoxy groups -OCH3 is 3. The van der Waals surface area contributed by atoms with Crippen LogP contribution < -0.4 is 9.47 Å². The standard InChI is InChI=1S/C16H17F5O6.C11H10F4O2.C2H6/c1-4-9-5-12(10(6-11(9)24-2)7-13(22)25-3)26-8-14(23)27-16(20,21)15(17,18)19;1-3-6-4-7(11(13,14)15)9(8(12)5-6)10(16)17-2;1-2/h5-6H,4,7-8H2,1-3H3;4-5H,3H2,1-2H3;1-2H3. The lowest BCUT2D eigenvalue weighted by atomic mass is 10.0. The number of halogens is 9. The zero-order chi connectivity index (χ0) is 36.0. The number of carbonyl (C=O) groups is 3. The Hall–Kier alpha value is -4.18. The molecule has 0 bridgehead atoms. The maximum atomic E-state index is 13.5. The number of carbonyl (C=O) groups excluding carboxylic acids is 3. The van der Waals surface area contributed by atoms with Crippen LogP contribution in [0.25, 0.3) is 0 Å². The highest BCUT2D eigenvalue weighted by atomic mass is 19.4. The van der Waals surface area contributed by atoms with Gasteiger partial charge in [-0.15, -0.1) is 0 Å². The number of rotatable bonds is 10. The molecular weight excluding hydrogens is 647 g/mol. The van der Waals surface area contributed by atoms with Gasteiger partial charge in [0.15, 0.2) is 6.61 Å². The number of aryl methyl sites for hydroxylation is 2. The van der Waals surface area contributed by atoms with Gasteiger partial charge in [-0.2, -0.15) is 35.1 Å². The average molecular weight is 681 g/mol. The van der Waals surface area contributed by atoms with E-state index in [2.05, 4.69) is 14.2 Å². The van der Waals surface area contributed by atoms with E-state index in [0.717, 1.165) is 26.4 Å². The molecule has 2 aromatic rings. The van der Waals surface area contributed by atoms with Crippen LogP contribution in [0.15, 0.2) is 24.3 Å². The van der Waals surface area contributed by atoms with Crippen LogP contribution in [0.3, 0.4) is 0 Å². The minimum absolute atomic E-state index is 0.0784. The summed E-state index contributed by atoms with van der Waals surface area (Å²) in [5.74, 6) is -4.84. The molecule has 17 heteroatoms. The van der Waals surface area contributed by atoms with Crippen molar-refractivity contribution < 1.29 is 77.6 Å². The van der Waals surface area contributed by atoms with E-state index in [4.69, 9.17) is 9.47 Å². The highest BCUT2D eigenvalue weighted by Crippen LogP contribution is 2.37. The molecule has 0 heterocycles. The molecule has 0 aromatic heterocycles. The summed E-state index contributed by atoms with van der Waals surface area (Å²) < 4.78 is 135. The van der Waals surface area contributed by atoms with Crippen LogP contribution in [0, 0.1) is 5.82 Å². The average Bonchev–Trinajstić information content (AvgIpc) is 2.99. The van der Waals surface area contributed by atoms with Gasteiger partial charge in [-0.25, -0.2) is 14.0 Å². The molecule has 0 unspecified atom stereocenters. The molecule has 8 nitrogen and oxygen atoms in total. The van der Waals surface area contributed by atoms with Crippen molar-refractivity contribution in [2.75, 3.05) is 27.9 Å². The number of alkyl halides is 8. The fourth-order valence-electron chi connectivity index (χ4n) is 3.38. The van der Waals surface area contributed by atoms with Crippen LogP contribution >= 0.6 is 0 Å². The van der Waals surface area contributed by atoms with Gasteiger partial charge >= 0.3 is 36.4 Å². The molecule has 0 radical (unpaired) electrons. The molecule has 0 aliphatic rings. The maximum Gasteiger partial charge on any atom is 0.501 e. The molecule has 46 heavy (non-hydrogen) atoms. The molecule has 0 N–H and O–H groups in total. The summed E-state index contributed by atoms with van der Waals surface area (Å²) in [5, 5.41) is 0. The van der Waals surface area contributed by atoms with Crippen LogP contribution in [0.1, 0.15) is 60.3 Å². The van der Waals surface area contributed by atoms with Gasteiger partial charge in [-0.1, -0.05) is 27.7 Å². The Balaban J connectivity index is 0.000000913. The molecule has 0 spiro atoms. The molecule has 0 aliphatic heterocycles. The third-order valence-electron chi connectivity index (χ3n) is 5.58. The summed E-state index contributed by atoms with van der Waals surface area (Å²) in [4.78, 5) is 33.9. The fraction of sp³-hybridized carbons (Fsp3) is 0.483. The van der Waals surface area contributed by atoms with Gasteiger partial charge in [0.1, 0.15) is 22.9 Å². The molecule has 0 amide bonds. The largest absolute Gasteiger partial charge is 0.501 e. The van der Waals surface area contributed by atoms with Crippen molar-refractivity contribution in [3.8, 4) is 11.5 Å². The van der Waals surface area contributed by atoms with Gasteiger partial charge in [-0.05, 0) is 48.2 Å². The molecule has 0 saturated carbocycles. The highest BCUT2D eigenvalue weighted by Gasteiger charge is 2.62. The Morgan fingerprint density at radius 3 is 1.74 bits per heavy atom. The first kappa shape index (κ1) is 41.8. The number of hydrogen-bond acceptors (Lipinski definition) is 8. The summed E-state index contributed by atoms with van der Waals surface area (Å²) in [6.45, 7) is 6.13. The Kier molecular flexibility index (Phi) is 16.4. The lowest BCUT2D eigenvalue weighted by molar-refractivity contribution is -0.376. The number of esters is 3. The van der Waals surface area contributed by atoms with Gasteiger partial charge < -0.3 is 23.7 Å². The summed E-state index contributed by atoms with van der Waals surface area (Å²) in [7, 11) is 3.42. The Morgan fingerprint density at radius 1 is 0.739 bits per heavy atom. The van der Waals surface area contributed by atoms with Crippen LogP contribution in [-0.4, -0.2) is 58.1 Å². The van der Waals surface area contributed by atoms with E-state index in [1.165, 1.54) is 19.2 Å². The van der Waals surface area contributed by atoms with Gasteiger partial charge in [0.25, 0.3) is 0 Å². The van der Waals surface area contributed by atoms with E-state index in [9.17, 15) is 53.9 Å². The van der Waals surface area contributed by atoms with Crippen molar-refractivity contribution in [1.82, 2.24) is 0 Å². The normalized spacial score (nSPS) is 11.2. The Labute approximate surface area is 258 Å². The minimum atomic E-state index is -6.05.